The lowest BCUT2D eigenvalue weighted by Gasteiger charge is -2.44. The van der Waals surface area contributed by atoms with Crippen molar-refractivity contribution in [3.8, 4) is 0 Å². The Kier molecular flexibility index (Phi) is 8.03. The number of nitrogens with one attached hydrogen (secondary N) is 1. The van der Waals surface area contributed by atoms with E-state index in [1.807, 2.05) is 38.1 Å². The molecule has 0 radical (unpaired) electrons. The third-order valence-corrected chi connectivity index (χ3v) is 8.94. The number of hydrogen-bond donors (Lipinski definition) is 1. The summed E-state index contributed by atoms with van der Waals surface area (Å²) < 4.78 is 17.9. The van der Waals surface area contributed by atoms with Gasteiger partial charge in [-0.15, -0.1) is 0 Å². The Bertz CT molecular complexity index is 1370. The van der Waals surface area contributed by atoms with Crippen LogP contribution >= 0.6 is 23.1 Å². The van der Waals surface area contributed by atoms with Gasteiger partial charge in [-0.1, -0.05) is 43.1 Å². The molecule has 1 amide bonds. The normalized spacial score (nSPS) is 16.7. The SMILES string of the molecule is CCCC(C)(C)OC(=O)OC[N+]1(CCc2cc3c(cc2Cl)NC(=O)C3)CCN(c2nsc3ccccc23)CC1. The molecule has 8 nitrogen and oxygen atoms in total. The van der Waals surface area contributed by atoms with Crippen LogP contribution in [0, 0.1) is 0 Å². The summed E-state index contributed by atoms with van der Waals surface area (Å²) in [5.41, 5.74) is 2.21. The highest BCUT2D eigenvalue weighted by Crippen LogP contribution is 2.33. The largest absolute Gasteiger partial charge is 0.513 e. The van der Waals surface area contributed by atoms with Crippen LogP contribution in [0.1, 0.15) is 44.7 Å². The Hall–Kier alpha value is -2.88. The van der Waals surface area contributed by atoms with E-state index in [-0.39, 0.29) is 12.6 Å². The maximum Gasteiger partial charge on any atom is 0.513 e. The van der Waals surface area contributed by atoms with Gasteiger partial charge < -0.3 is 19.7 Å². The van der Waals surface area contributed by atoms with Crippen LogP contribution in [0.3, 0.4) is 0 Å². The fraction of sp³-hybridized carbons (Fsp3) is 0.483. The van der Waals surface area contributed by atoms with Crippen molar-refractivity contribution >= 4 is 56.8 Å². The van der Waals surface area contributed by atoms with Crippen molar-refractivity contribution < 1.29 is 23.5 Å². The third-order valence-electron chi connectivity index (χ3n) is 7.77. The lowest BCUT2D eigenvalue weighted by atomic mass is 10.0. The smallest absolute Gasteiger partial charge is 0.428 e. The molecule has 0 spiro atoms. The molecule has 2 aromatic carbocycles. The summed E-state index contributed by atoms with van der Waals surface area (Å²) in [7, 11) is 0. The Morgan fingerprint density at radius 3 is 2.77 bits per heavy atom. The van der Waals surface area contributed by atoms with Gasteiger partial charge in [0.05, 0.1) is 43.8 Å². The summed E-state index contributed by atoms with van der Waals surface area (Å²) in [5.74, 6) is 1.01. The summed E-state index contributed by atoms with van der Waals surface area (Å²) in [6, 6.07) is 12.2. The third kappa shape index (κ3) is 6.31. The fourth-order valence-electron chi connectivity index (χ4n) is 5.57. The van der Waals surface area contributed by atoms with Gasteiger partial charge in [0.1, 0.15) is 5.60 Å². The first-order valence-corrected chi connectivity index (χ1v) is 14.7. The first-order valence-electron chi connectivity index (χ1n) is 13.6. The molecular formula is C29H36ClN4O4S+. The summed E-state index contributed by atoms with van der Waals surface area (Å²) in [4.78, 5) is 26.9. The van der Waals surface area contributed by atoms with Crippen LogP contribution in [0.2, 0.25) is 5.02 Å². The number of rotatable bonds is 9. The van der Waals surface area contributed by atoms with E-state index in [4.69, 9.17) is 25.4 Å². The predicted octanol–water partition coefficient (Wildman–Crippen LogP) is 6.01. The summed E-state index contributed by atoms with van der Waals surface area (Å²) in [5, 5.41) is 4.68. The van der Waals surface area contributed by atoms with Gasteiger partial charge in [0.25, 0.3) is 0 Å². The lowest BCUT2D eigenvalue weighted by molar-refractivity contribution is -0.944. The fourth-order valence-corrected chi connectivity index (χ4v) is 6.62. The molecular weight excluding hydrogens is 536 g/mol. The van der Waals surface area contributed by atoms with Crippen molar-refractivity contribution in [2.24, 2.45) is 0 Å². The number of benzene rings is 2. The van der Waals surface area contributed by atoms with Crippen molar-refractivity contribution in [1.29, 1.82) is 0 Å². The van der Waals surface area contributed by atoms with Crippen molar-refractivity contribution in [2.75, 3.05) is 49.7 Å². The molecule has 1 fully saturated rings. The van der Waals surface area contributed by atoms with Crippen molar-refractivity contribution in [3.05, 3.63) is 52.5 Å². The Morgan fingerprint density at radius 1 is 1.23 bits per heavy atom. The Labute approximate surface area is 238 Å². The molecule has 1 aromatic heterocycles. The number of nitrogens with zero attached hydrogens (tertiary/aromatic N) is 3. The number of anilines is 2. The van der Waals surface area contributed by atoms with E-state index in [1.165, 1.54) is 21.6 Å². The van der Waals surface area contributed by atoms with E-state index in [1.54, 1.807) is 0 Å². The number of carbonyl (C=O) groups excluding carboxylic acids is 2. The van der Waals surface area contributed by atoms with E-state index in [0.717, 1.165) is 68.2 Å². The minimum atomic E-state index is -0.626. The summed E-state index contributed by atoms with van der Waals surface area (Å²) in [6.07, 6.45) is 2.15. The van der Waals surface area contributed by atoms with E-state index in [9.17, 15) is 9.59 Å². The van der Waals surface area contributed by atoms with Crippen LogP contribution in [0.5, 0.6) is 0 Å². The highest BCUT2D eigenvalue weighted by molar-refractivity contribution is 7.13. The average Bonchev–Trinajstić information content (AvgIpc) is 3.48. The molecule has 5 rings (SSSR count). The number of piperazine rings is 1. The van der Waals surface area contributed by atoms with Gasteiger partial charge in [0.2, 0.25) is 12.6 Å². The van der Waals surface area contributed by atoms with Gasteiger partial charge in [-0.2, -0.15) is 4.37 Å². The molecule has 3 aromatic rings. The van der Waals surface area contributed by atoms with Crippen LogP contribution in [0.4, 0.5) is 16.3 Å². The maximum atomic E-state index is 12.7. The van der Waals surface area contributed by atoms with Crippen LogP contribution in [-0.4, -0.2) is 66.0 Å². The lowest BCUT2D eigenvalue weighted by Crippen LogP contribution is -2.61. The van der Waals surface area contributed by atoms with Crippen LogP contribution in [0.15, 0.2) is 36.4 Å². The first kappa shape index (κ1) is 27.7. The number of hydrogen-bond acceptors (Lipinski definition) is 7. The molecule has 1 saturated heterocycles. The van der Waals surface area contributed by atoms with Gasteiger partial charge in [-0.3, -0.25) is 9.28 Å². The van der Waals surface area contributed by atoms with E-state index >= 15 is 0 Å². The number of carbonyl (C=O) groups is 2. The molecule has 3 heterocycles. The minimum absolute atomic E-state index is 0.00897. The number of halogens is 1. The second-order valence-corrected chi connectivity index (χ2v) is 12.4. The molecule has 0 unspecified atom stereocenters. The molecule has 1 N–H and O–H groups in total. The minimum Gasteiger partial charge on any atom is -0.428 e. The second kappa shape index (κ2) is 11.3. The molecule has 10 heteroatoms. The molecule has 208 valence electrons. The molecule has 0 aliphatic carbocycles. The first-order chi connectivity index (χ1) is 18.7. The molecule has 0 saturated carbocycles. The highest BCUT2D eigenvalue weighted by atomic mass is 35.5. The van der Waals surface area contributed by atoms with Gasteiger partial charge in [0, 0.05) is 22.5 Å². The molecule has 2 aliphatic heterocycles. The van der Waals surface area contributed by atoms with Gasteiger partial charge in [-0.05, 0) is 61.1 Å². The van der Waals surface area contributed by atoms with E-state index in [0.29, 0.717) is 22.3 Å². The van der Waals surface area contributed by atoms with Gasteiger partial charge in [-0.25, -0.2) is 4.79 Å². The van der Waals surface area contributed by atoms with Crippen molar-refractivity contribution in [3.63, 3.8) is 0 Å². The van der Waals surface area contributed by atoms with Crippen LogP contribution < -0.4 is 10.2 Å². The number of fused-ring (bicyclic) bond motifs is 2. The van der Waals surface area contributed by atoms with Crippen molar-refractivity contribution in [1.82, 2.24) is 4.37 Å². The molecule has 0 bridgehead atoms. The zero-order valence-corrected chi connectivity index (χ0v) is 24.4. The number of quaternary nitrogens is 1. The highest BCUT2D eigenvalue weighted by Gasteiger charge is 2.36. The second-order valence-electron chi connectivity index (χ2n) is 11.2. The molecule has 2 aliphatic rings. The summed E-state index contributed by atoms with van der Waals surface area (Å²) in [6.45, 7) is 10.0. The number of amides is 1. The average molecular weight is 572 g/mol. The maximum absolute atomic E-state index is 12.7. The number of aromatic nitrogens is 1. The predicted molar refractivity (Wildman–Crippen MR) is 156 cm³/mol. The van der Waals surface area contributed by atoms with E-state index in [2.05, 4.69) is 29.3 Å². The number of ether oxygens (including phenoxy) is 2. The van der Waals surface area contributed by atoms with Gasteiger partial charge >= 0.3 is 6.16 Å². The van der Waals surface area contributed by atoms with Crippen LogP contribution in [-0.2, 0) is 27.1 Å². The Balaban J connectivity index is 1.30. The standard InChI is InChI=1S/C29H35ClN4O4S/c1-4-10-29(2,3)38-28(36)37-19-34(13-9-20-16-21-17-26(35)31-24(21)18-23(20)30)14-11-33(12-15-34)27-22-7-5-6-8-25(22)39-32-27/h5-8,16,18H,4,9-15,17,19H2,1-3H3/p+1. The van der Waals surface area contributed by atoms with Crippen LogP contribution in [0.25, 0.3) is 10.1 Å². The topological polar surface area (TPSA) is 80.8 Å². The van der Waals surface area contributed by atoms with Crippen molar-refractivity contribution in [2.45, 2.75) is 52.1 Å². The summed E-state index contributed by atoms with van der Waals surface area (Å²) >= 11 is 8.14. The quantitative estimate of drug-likeness (QED) is 0.250. The van der Waals surface area contributed by atoms with Gasteiger partial charge in [0.15, 0.2) is 5.82 Å². The zero-order valence-electron chi connectivity index (χ0n) is 22.8. The monoisotopic (exact) mass is 571 g/mol. The molecule has 0 atom stereocenters. The van der Waals surface area contributed by atoms with E-state index < -0.39 is 11.8 Å². The Morgan fingerprint density at radius 2 is 2.00 bits per heavy atom. The zero-order chi connectivity index (χ0) is 27.6. The molecule has 39 heavy (non-hydrogen) atoms.